The summed E-state index contributed by atoms with van der Waals surface area (Å²) in [6, 6.07) is 5.99. The first kappa shape index (κ1) is 17.4. The van der Waals surface area contributed by atoms with Crippen molar-refractivity contribution >= 4 is 11.6 Å². The van der Waals surface area contributed by atoms with Gasteiger partial charge in [0.05, 0.1) is 11.7 Å². The molecule has 0 bridgehead atoms. The lowest BCUT2D eigenvalue weighted by molar-refractivity contribution is -0.137. The molecule has 23 heavy (non-hydrogen) atoms. The van der Waals surface area contributed by atoms with Crippen molar-refractivity contribution in [1.82, 2.24) is 4.98 Å². The summed E-state index contributed by atoms with van der Waals surface area (Å²) in [5, 5.41) is -0.214. The van der Waals surface area contributed by atoms with Gasteiger partial charge in [-0.05, 0) is 38.5 Å². The Hall–Kier alpha value is -1.95. The molecule has 124 valence electrons. The largest absolute Gasteiger partial charge is 0.491 e. The van der Waals surface area contributed by atoms with Gasteiger partial charge in [0.25, 0.3) is 0 Å². The van der Waals surface area contributed by atoms with Crippen LogP contribution in [0.1, 0.15) is 25.0 Å². The van der Waals surface area contributed by atoms with Crippen LogP contribution in [-0.2, 0) is 6.18 Å². The van der Waals surface area contributed by atoms with Crippen LogP contribution in [0.5, 0.6) is 17.4 Å². The maximum absolute atomic E-state index is 12.6. The molecule has 0 atom stereocenters. The van der Waals surface area contributed by atoms with Crippen LogP contribution in [0, 0.1) is 6.92 Å². The highest BCUT2D eigenvalue weighted by molar-refractivity contribution is 6.31. The van der Waals surface area contributed by atoms with Gasteiger partial charge < -0.3 is 9.47 Å². The average molecular weight is 346 g/mol. The fraction of sp³-hybridized carbons (Fsp3) is 0.312. The number of aryl methyl sites for hydroxylation is 1. The number of pyridine rings is 1. The molecule has 2 rings (SSSR count). The monoisotopic (exact) mass is 345 g/mol. The number of hydrogen-bond acceptors (Lipinski definition) is 3. The third kappa shape index (κ3) is 4.51. The van der Waals surface area contributed by atoms with Crippen LogP contribution < -0.4 is 9.47 Å². The van der Waals surface area contributed by atoms with Crippen LogP contribution in [0.4, 0.5) is 13.2 Å². The molecular formula is C16H15ClF3NO2. The van der Waals surface area contributed by atoms with Crippen molar-refractivity contribution in [2.45, 2.75) is 33.1 Å². The van der Waals surface area contributed by atoms with E-state index >= 15 is 0 Å². The van der Waals surface area contributed by atoms with Crippen molar-refractivity contribution in [2.24, 2.45) is 0 Å². The number of ether oxygens (including phenoxy) is 2. The number of nitrogens with zero attached hydrogens (tertiary/aromatic N) is 1. The van der Waals surface area contributed by atoms with E-state index in [0.29, 0.717) is 17.7 Å². The second-order valence-corrected chi connectivity index (χ2v) is 5.61. The molecule has 0 amide bonds. The predicted octanol–water partition coefficient (Wildman–Crippen LogP) is 5.64. The maximum Gasteiger partial charge on any atom is 0.417 e. The topological polar surface area (TPSA) is 31.4 Å². The van der Waals surface area contributed by atoms with E-state index in [9.17, 15) is 13.2 Å². The third-order valence-corrected chi connectivity index (χ3v) is 3.14. The summed E-state index contributed by atoms with van der Waals surface area (Å²) in [5.41, 5.74) is -0.151. The summed E-state index contributed by atoms with van der Waals surface area (Å²) in [5.74, 6) is 0.908. The van der Waals surface area contributed by atoms with Crippen LogP contribution in [0.2, 0.25) is 5.02 Å². The van der Waals surface area contributed by atoms with Crippen molar-refractivity contribution in [3.63, 3.8) is 0 Å². The van der Waals surface area contributed by atoms with Gasteiger partial charge in [-0.2, -0.15) is 13.2 Å². The van der Waals surface area contributed by atoms with Crippen LogP contribution in [0.15, 0.2) is 30.5 Å². The molecule has 0 radical (unpaired) electrons. The Morgan fingerprint density at radius 2 is 1.87 bits per heavy atom. The highest BCUT2D eigenvalue weighted by Crippen LogP contribution is 2.36. The van der Waals surface area contributed by atoms with Gasteiger partial charge in [-0.15, -0.1) is 0 Å². The van der Waals surface area contributed by atoms with Gasteiger partial charge in [0, 0.05) is 12.3 Å². The third-order valence-electron chi connectivity index (χ3n) is 2.87. The van der Waals surface area contributed by atoms with E-state index in [1.165, 1.54) is 0 Å². The lowest BCUT2D eigenvalue weighted by atomic mass is 10.2. The zero-order valence-corrected chi connectivity index (χ0v) is 13.5. The minimum Gasteiger partial charge on any atom is -0.491 e. The smallest absolute Gasteiger partial charge is 0.417 e. The van der Waals surface area contributed by atoms with Gasteiger partial charge in [0.15, 0.2) is 0 Å². The molecule has 0 saturated heterocycles. The molecule has 0 aliphatic rings. The molecule has 0 fully saturated rings. The lowest BCUT2D eigenvalue weighted by Crippen LogP contribution is -2.06. The van der Waals surface area contributed by atoms with Gasteiger partial charge in [0.1, 0.15) is 16.5 Å². The molecule has 2 aromatic rings. The van der Waals surface area contributed by atoms with Gasteiger partial charge in [-0.1, -0.05) is 17.7 Å². The van der Waals surface area contributed by atoms with Gasteiger partial charge in [-0.3, -0.25) is 0 Å². The van der Waals surface area contributed by atoms with Crippen molar-refractivity contribution in [3.05, 3.63) is 46.6 Å². The summed E-state index contributed by atoms with van der Waals surface area (Å²) in [6.07, 6.45) is -3.83. The normalized spacial score (nSPS) is 11.7. The second kappa shape index (κ2) is 6.66. The van der Waals surface area contributed by atoms with Crippen molar-refractivity contribution in [2.75, 3.05) is 0 Å². The first-order valence-corrected chi connectivity index (χ1v) is 7.22. The van der Waals surface area contributed by atoms with Crippen LogP contribution in [-0.4, -0.2) is 11.1 Å². The standard InChI is InChI=1S/C16H15ClF3NO2/c1-9(2)22-12-5-4-10(3)14(7-12)23-15-13(17)6-11(8-21-15)16(18,19)20/h4-9H,1-3H3. The zero-order valence-electron chi connectivity index (χ0n) is 12.7. The summed E-state index contributed by atoms with van der Waals surface area (Å²) in [7, 11) is 0. The number of halogens is 4. The van der Waals surface area contributed by atoms with Gasteiger partial charge in [-0.25, -0.2) is 4.98 Å². The van der Waals surface area contributed by atoms with Crippen molar-refractivity contribution in [3.8, 4) is 17.4 Å². The van der Waals surface area contributed by atoms with Crippen LogP contribution in [0.3, 0.4) is 0 Å². The van der Waals surface area contributed by atoms with Crippen LogP contribution >= 0.6 is 11.6 Å². The fourth-order valence-electron chi connectivity index (χ4n) is 1.80. The summed E-state index contributed by atoms with van der Waals surface area (Å²) in [4.78, 5) is 3.66. The molecule has 1 aromatic carbocycles. The van der Waals surface area contributed by atoms with Crippen molar-refractivity contribution in [1.29, 1.82) is 0 Å². The van der Waals surface area contributed by atoms with E-state index < -0.39 is 11.7 Å². The molecule has 0 aliphatic carbocycles. The Morgan fingerprint density at radius 3 is 2.43 bits per heavy atom. The quantitative estimate of drug-likeness (QED) is 0.718. The van der Waals surface area contributed by atoms with Gasteiger partial charge in [0.2, 0.25) is 5.88 Å². The summed E-state index contributed by atoms with van der Waals surface area (Å²) in [6.45, 7) is 5.57. The molecule has 0 saturated carbocycles. The fourth-order valence-corrected chi connectivity index (χ4v) is 2.00. The molecule has 3 nitrogen and oxygen atoms in total. The maximum atomic E-state index is 12.6. The molecular weight excluding hydrogens is 331 g/mol. The van der Waals surface area contributed by atoms with Crippen LogP contribution in [0.25, 0.3) is 0 Å². The molecule has 0 aliphatic heterocycles. The SMILES string of the molecule is Cc1ccc(OC(C)C)cc1Oc1ncc(C(F)(F)F)cc1Cl. The van der Waals surface area contributed by atoms with E-state index in [1.807, 2.05) is 13.8 Å². The predicted molar refractivity (Wildman–Crippen MR) is 81.3 cm³/mol. The van der Waals surface area contributed by atoms with Crippen molar-refractivity contribution < 1.29 is 22.6 Å². The van der Waals surface area contributed by atoms with Gasteiger partial charge >= 0.3 is 6.18 Å². The average Bonchev–Trinajstić information content (AvgIpc) is 2.43. The first-order valence-electron chi connectivity index (χ1n) is 6.84. The highest BCUT2D eigenvalue weighted by atomic mass is 35.5. The number of rotatable bonds is 4. The first-order chi connectivity index (χ1) is 10.7. The molecule has 1 aromatic heterocycles. The van der Waals surface area contributed by atoms with E-state index in [4.69, 9.17) is 21.1 Å². The molecule has 1 heterocycles. The summed E-state index contributed by atoms with van der Waals surface area (Å²) >= 11 is 5.84. The van der Waals surface area contributed by atoms with E-state index in [2.05, 4.69) is 4.98 Å². The number of alkyl halides is 3. The molecule has 0 N–H and O–H groups in total. The van der Waals surface area contributed by atoms with E-state index in [0.717, 1.165) is 11.6 Å². The minimum absolute atomic E-state index is 0.0154. The molecule has 0 spiro atoms. The Kier molecular flexibility index (Phi) is 5.04. The van der Waals surface area contributed by atoms with E-state index in [1.54, 1.807) is 25.1 Å². The number of benzene rings is 1. The second-order valence-electron chi connectivity index (χ2n) is 5.20. The Morgan fingerprint density at radius 1 is 1.17 bits per heavy atom. The lowest BCUT2D eigenvalue weighted by Gasteiger charge is -2.14. The Labute approximate surface area is 137 Å². The summed E-state index contributed by atoms with van der Waals surface area (Å²) < 4.78 is 48.9. The minimum atomic E-state index is -4.50. The highest BCUT2D eigenvalue weighted by Gasteiger charge is 2.31. The number of hydrogen-bond donors (Lipinski definition) is 0. The Bertz CT molecular complexity index is 702. The number of aromatic nitrogens is 1. The Balaban J connectivity index is 2.28. The molecule has 7 heteroatoms. The molecule has 0 unspecified atom stereocenters. The van der Waals surface area contributed by atoms with E-state index in [-0.39, 0.29) is 17.0 Å². The zero-order chi connectivity index (χ0) is 17.2.